The normalized spacial score (nSPS) is 11.3. The molecule has 0 bridgehead atoms. The molecule has 92 valence electrons. The van der Waals surface area contributed by atoms with E-state index in [-0.39, 0.29) is 0 Å². The average molecular weight is 241 g/mol. The summed E-state index contributed by atoms with van der Waals surface area (Å²) in [5, 5.41) is 0. The lowest BCUT2D eigenvalue weighted by atomic mass is 10.2. The molecule has 2 aromatic heterocycles. The van der Waals surface area contributed by atoms with Gasteiger partial charge in [0.05, 0.1) is 23.6 Å². The zero-order chi connectivity index (χ0) is 12.7. The minimum absolute atomic E-state index is 0.535. The van der Waals surface area contributed by atoms with Gasteiger partial charge in [-0.1, -0.05) is 6.07 Å². The van der Waals surface area contributed by atoms with Gasteiger partial charge in [0, 0.05) is 20.6 Å². The average Bonchev–Trinajstić information content (AvgIpc) is 2.93. The monoisotopic (exact) mass is 241 g/mol. The summed E-state index contributed by atoms with van der Waals surface area (Å²) in [4.78, 5) is 8.80. The Labute approximate surface area is 105 Å². The quantitative estimate of drug-likeness (QED) is 0.738. The van der Waals surface area contributed by atoms with Crippen LogP contribution in [0.15, 0.2) is 30.7 Å². The Kier molecular flexibility index (Phi) is 2.41. The van der Waals surface area contributed by atoms with Crippen molar-refractivity contribution in [3.63, 3.8) is 0 Å². The largest absolute Gasteiger partial charge is 0.331 e. The van der Waals surface area contributed by atoms with Crippen molar-refractivity contribution in [2.24, 2.45) is 19.8 Å². The second-order valence-electron chi connectivity index (χ2n) is 4.41. The third-order valence-corrected chi connectivity index (χ3v) is 3.23. The molecule has 0 radical (unpaired) electrons. The maximum absolute atomic E-state index is 5.66. The molecular formula is C13H15N5. The minimum Gasteiger partial charge on any atom is -0.331 e. The summed E-state index contributed by atoms with van der Waals surface area (Å²) in [7, 11) is 3.98. The lowest BCUT2D eigenvalue weighted by Gasteiger charge is -2.02. The van der Waals surface area contributed by atoms with Crippen molar-refractivity contribution >= 4 is 11.0 Å². The lowest BCUT2D eigenvalue weighted by molar-refractivity contribution is 0.881. The molecule has 0 spiro atoms. The SMILES string of the molecule is Cn1cncc1-c1nc2cc(CN)ccc2n1C. The van der Waals surface area contributed by atoms with E-state index in [1.807, 2.05) is 37.0 Å². The Morgan fingerprint density at radius 3 is 2.78 bits per heavy atom. The van der Waals surface area contributed by atoms with Crippen LogP contribution in [0.1, 0.15) is 5.56 Å². The zero-order valence-electron chi connectivity index (χ0n) is 10.5. The van der Waals surface area contributed by atoms with E-state index in [0.717, 1.165) is 28.1 Å². The second-order valence-corrected chi connectivity index (χ2v) is 4.41. The molecule has 0 aliphatic carbocycles. The molecule has 0 saturated heterocycles. The molecule has 18 heavy (non-hydrogen) atoms. The highest BCUT2D eigenvalue weighted by atomic mass is 15.1. The third-order valence-electron chi connectivity index (χ3n) is 3.23. The highest BCUT2D eigenvalue weighted by Gasteiger charge is 2.12. The van der Waals surface area contributed by atoms with E-state index in [4.69, 9.17) is 5.73 Å². The van der Waals surface area contributed by atoms with Gasteiger partial charge in [0.1, 0.15) is 5.69 Å². The number of nitrogens with two attached hydrogens (primary N) is 1. The van der Waals surface area contributed by atoms with Gasteiger partial charge in [-0.05, 0) is 17.7 Å². The Morgan fingerprint density at radius 1 is 1.28 bits per heavy atom. The van der Waals surface area contributed by atoms with Crippen molar-refractivity contribution < 1.29 is 0 Å². The van der Waals surface area contributed by atoms with Gasteiger partial charge in [0.2, 0.25) is 0 Å². The van der Waals surface area contributed by atoms with Gasteiger partial charge < -0.3 is 14.9 Å². The van der Waals surface area contributed by atoms with Crippen molar-refractivity contribution in [2.45, 2.75) is 6.54 Å². The number of imidazole rings is 2. The van der Waals surface area contributed by atoms with Crippen LogP contribution in [0.25, 0.3) is 22.6 Å². The van der Waals surface area contributed by atoms with E-state index in [9.17, 15) is 0 Å². The Bertz CT molecular complexity index is 707. The lowest BCUT2D eigenvalue weighted by Crippen LogP contribution is -1.97. The second kappa shape index (κ2) is 3.96. The number of aryl methyl sites for hydroxylation is 2. The van der Waals surface area contributed by atoms with Crippen LogP contribution in [0.2, 0.25) is 0 Å². The minimum atomic E-state index is 0.535. The van der Waals surface area contributed by atoms with Crippen molar-refractivity contribution in [3.05, 3.63) is 36.3 Å². The van der Waals surface area contributed by atoms with E-state index in [2.05, 4.69) is 20.6 Å². The molecule has 5 nitrogen and oxygen atoms in total. The van der Waals surface area contributed by atoms with Crippen LogP contribution in [-0.4, -0.2) is 19.1 Å². The molecule has 0 saturated carbocycles. The predicted octanol–water partition coefficient (Wildman–Crippen LogP) is 1.43. The maximum Gasteiger partial charge on any atom is 0.159 e. The Balaban J connectivity index is 2.25. The fourth-order valence-corrected chi connectivity index (χ4v) is 2.17. The van der Waals surface area contributed by atoms with Crippen molar-refractivity contribution in [1.29, 1.82) is 0 Å². The molecular weight excluding hydrogens is 226 g/mol. The summed E-state index contributed by atoms with van der Waals surface area (Å²) in [6.45, 7) is 0.535. The molecule has 3 rings (SSSR count). The van der Waals surface area contributed by atoms with Crippen molar-refractivity contribution in [1.82, 2.24) is 19.1 Å². The van der Waals surface area contributed by atoms with E-state index in [1.54, 1.807) is 6.33 Å². The van der Waals surface area contributed by atoms with Crippen LogP contribution in [0.3, 0.4) is 0 Å². The smallest absolute Gasteiger partial charge is 0.159 e. The first-order chi connectivity index (χ1) is 8.70. The molecule has 0 amide bonds. The zero-order valence-corrected chi connectivity index (χ0v) is 10.5. The van der Waals surface area contributed by atoms with Gasteiger partial charge in [-0.15, -0.1) is 0 Å². The van der Waals surface area contributed by atoms with Gasteiger partial charge in [-0.2, -0.15) is 0 Å². The van der Waals surface area contributed by atoms with E-state index >= 15 is 0 Å². The number of aromatic nitrogens is 4. The first kappa shape index (κ1) is 11.0. The third kappa shape index (κ3) is 1.52. The van der Waals surface area contributed by atoms with Gasteiger partial charge in [0.15, 0.2) is 5.82 Å². The van der Waals surface area contributed by atoms with Crippen LogP contribution < -0.4 is 5.73 Å². The van der Waals surface area contributed by atoms with Crippen molar-refractivity contribution in [3.8, 4) is 11.5 Å². The van der Waals surface area contributed by atoms with Gasteiger partial charge in [-0.25, -0.2) is 9.97 Å². The summed E-state index contributed by atoms with van der Waals surface area (Å²) in [5.74, 6) is 0.916. The molecule has 0 aliphatic rings. The van der Waals surface area contributed by atoms with Crippen LogP contribution in [-0.2, 0) is 20.6 Å². The number of fused-ring (bicyclic) bond motifs is 1. The summed E-state index contributed by atoms with van der Waals surface area (Å²) in [5.41, 5.74) is 9.82. The van der Waals surface area contributed by atoms with Crippen molar-refractivity contribution in [2.75, 3.05) is 0 Å². The highest BCUT2D eigenvalue weighted by Crippen LogP contribution is 2.23. The standard InChI is InChI=1S/C13H15N5/c1-17-8-15-7-12(17)13-16-10-5-9(6-14)3-4-11(10)18(13)2/h3-5,7-8H,6,14H2,1-2H3. The van der Waals surface area contributed by atoms with Crippen LogP contribution >= 0.6 is 0 Å². The Hall–Kier alpha value is -2.14. The van der Waals surface area contributed by atoms with Gasteiger partial charge in [0.25, 0.3) is 0 Å². The first-order valence-electron chi connectivity index (χ1n) is 5.83. The number of nitrogens with zero attached hydrogens (tertiary/aromatic N) is 4. The Morgan fingerprint density at radius 2 is 2.11 bits per heavy atom. The van der Waals surface area contributed by atoms with Gasteiger partial charge >= 0.3 is 0 Å². The number of hydrogen-bond acceptors (Lipinski definition) is 3. The van der Waals surface area contributed by atoms with Crippen LogP contribution in [0, 0.1) is 0 Å². The topological polar surface area (TPSA) is 61.7 Å². The molecule has 0 atom stereocenters. The fraction of sp³-hybridized carbons (Fsp3) is 0.231. The summed E-state index contributed by atoms with van der Waals surface area (Å²) >= 11 is 0. The fourth-order valence-electron chi connectivity index (χ4n) is 2.17. The van der Waals surface area contributed by atoms with E-state index < -0.39 is 0 Å². The number of benzene rings is 1. The molecule has 0 fully saturated rings. The summed E-state index contributed by atoms with van der Waals surface area (Å²) in [6.07, 6.45) is 3.60. The van der Waals surface area contributed by atoms with Crippen LogP contribution in [0.4, 0.5) is 0 Å². The first-order valence-corrected chi connectivity index (χ1v) is 5.83. The molecule has 0 unspecified atom stereocenters. The maximum atomic E-state index is 5.66. The number of rotatable bonds is 2. The highest BCUT2D eigenvalue weighted by molar-refractivity contribution is 5.80. The summed E-state index contributed by atoms with van der Waals surface area (Å²) in [6, 6.07) is 6.14. The molecule has 5 heteroatoms. The molecule has 1 aromatic carbocycles. The van der Waals surface area contributed by atoms with Gasteiger partial charge in [-0.3, -0.25) is 0 Å². The molecule has 2 heterocycles. The predicted molar refractivity (Wildman–Crippen MR) is 70.8 cm³/mol. The molecule has 3 aromatic rings. The number of hydrogen-bond donors (Lipinski definition) is 1. The summed E-state index contributed by atoms with van der Waals surface area (Å²) < 4.78 is 4.04. The van der Waals surface area contributed by atoms with E-state index in [1.165, 1.54) is 0 Å². The van der Waals surface area contributed by atoms with Crippen LogP contribution in [0.5, 0.6) is 0 Å². The molecule has 2 N–H and O–H groups in total. The molecule has 0 aliphatic heterocycles. The van der Waals surface area contributed by atoms with E-state index in [0.29, 0.717) is 6.54 Å².